The number of carbonyl (C=O) groups is 4. The fourth-order valence-electron chi connectivity index (χ4n) is 5.06. The molecular formula is C29H25F2N3O6. The summed E-state index contributed by atoms with van der Waals surface area (Å²) >= 11 is 0. The van der Waals surface area contributed by atoms with Gasteiger partial charge in [0.2, 0.25) is 5.43 Å². The number of ether oxygens (including phenoxy) is 1. The normalized spacial score (nSPS) is 20.0. The molecule has 1 aromatic heterocycles. The van der Waals surface area contributed by atoms with E-state index >= 15 is 0 Å². The number of aldehydes is 1. The third-order valence-corrected chi connectivity index (χ3v) is 7.38. The lowest BCUT2D eigenvalue weighted by molar-refractivity contribution is -0.124. The van der Waals surface area contributed by atoms with Crippen molar-refractivity contribution in [3.05, 3.63) is 99.0 Å². The van der Waals surface area contributed by atoms with Crippen molar-refractivity contribution in [1.29, 1.82) is 0 Å². The van der Waals surface area contributed by atoms with Crippen LogP contribution in [-0.2, 0) is 22.7 Å². The number of halogens is 2. The van der Waals surface area contributed by atoms with Gasteiger partial charge in [-0.3, -0.25) is 19.2 Å². The van der Waals surface area contributed by atoms with Crippen LogP contribution in [-0.4, -0.2) is 45.9 Å². The molecule has 3 aromatic rings. The van der Waals surface area contributed by atoms with Crippen molar-refractivity contribution in [2.75, 3.05) is 6.54 Å². The summed E-state index contributed by atoms with van der Waals surface area (Å²) in [5.41, 5.74) is -0.821. The molecule has 3 heterocycles. The highest BCUT2D eigenvalue weighted by molar-refractivity contribution is 6.01. The molecule has 2 aliphatic rings. The average Bonchev–Trinajstić information content (AvgIpc) is 3.05. The Kier molecular flexibility index (Phi) is 7.29. The van der Waals surface area contributed by atoms with Crippen molar-refractivity contribution < 1.29 is 32.7 Å². The molecule has 2 aromatic carbocycles. The van der Waals surface area contributed by atoms with Crippen LogP contribution < -0.4 is 15.5 Å². The molecule has 2 bridgehead atoms. The second-order valence-corrected chi connectivity index (χ2v) is 9.83. The van der Waals surface area contributed by atoms with Crippen LogP contribution >= 0.6 is 0 Å². The van der Waals surface area contributed by atoms with Crippen LogP contribution in [0.15, 0.2) is 59.5 Å². The Hall–Kier alpha value is -4.67. The molecule has 40 heavy (non-hydrogen) atoms. The lowest BCUT2D eigenvalue weighted by atomic mass is 9.96. The Morgan fingerprint density at radius 3 is 2.58 bits per heavy atom. The lowest BCUT2D eigenvalue weighted by Crippen LogP contribution is -2.50. The van der Waals surface area contributed by atoms with Crippen LogP contribution in [0, 0.1) is 17.6 Å². The number of carbonyl (C=O) groups excluding carboxylic acids is 4. The van der Waals surface area contributed by atoms with Crippen molar-refractivity contribution in [2.24, 2.45) is 5.92 Å². The van der Waals surface area contributed by atoms with E-state index in [2.05, 4.69) is 5.32 Å². The number of fused-ring (bicyclic) bond motifs is 4. The lowest BCUT2D eigenvalue weighted by Gasteiger charge is -2.37. The number of pyridine rings is 1. The topological polar surface area (TPSA) is 115 Å². The fourth-order valence-corrected chi connectivity index (χ4v) is 5.06. The molecule has 0 aliphatic carbocycles. The first kappa shape index (κ1) is 26.9. The maximum atomic E-state index is 14.1. The van der Waals surface area contributed by atoms with E-state index in [9.17, 15) is 32.8 Å². The van der Waals surface area contributed by atoms with E-state index in [-0.39, 0.29) is 43.2 Å². The molecule has 0 radical (unpaired) electrons. The molecule has 2 aliphatic heterocycles. The first-order valence-electron chi connectivity index (χ1n) is 12.7. The quantitative estimate of drug-likeness (QED) is 0.454. The van der Waals surface area contributed by atoms with Gasteiger partial charge in [-0.25, -0.2) is 8.78 Å². The summed E-state index contributed by atoms with van der Waals surface area (Å²) in [6.07, 6.45) is 1.66. The molecule has 3 atom stereocenters. The Morgan fingerprint density at radius 2 is 1.88 bits per heavy atom. The number of hydrogen-bond donors (Lipinski definition) is 1. The highest BCUT2D eigenvalue weighted by Crippen LogP contribution is 2.35. The molecule has 206 valence electrons. The summed E-state index contributed by atoms with van der Waals surface area (Å²) in [7, 11) is 0. The Balaban J connectivity index is 1.58. The molecule has 1 unspecified atom stereocenters. The molecule has 2 amide bonds. The zero-order valence-corrected chi connectivity index (χ0v) is 21.4. The van der Waals surface area contributed by atoms with Gasteiger partial charge in [0.15, 0.2) is 17.2 Å². The highest BCUT2D eigenvalue weighted by atomic mass is 19.1. The van der Waals surface area contributed by atoms with Crippen LogP contribution in [0.25, 0.3) is 0 Å². The first-order chi connectivity index (χ1) is 19.2. The minimum atomic E-state index is -0.958. The maximum absolute atomic E-state index is 14.1. The second-order valence-electron chi connectivity index (χ2n) is 9.83. The van der Waals surface area contributed by atoms with E-state index in [4.69, 9.17) is 4.74 Å². The molecule has 1 N–H and O–H groups in total. The maximum Gasteiger partial charge on any atom is 0.274 e. The average molecular weight is 550 g/mol. The van der Waals surface area contributed by atoms with E-state index < -0.39 is 58.2 Å². The standard InChI is InChI=1S/C29H25F2N3O6/c1-16-19(14-35)9-24(36)23-13-33(16)29(39)25-27(40-15-17-5-3-2-4-6-17)26(37)21(12-34(23)25)28(38)32-11-18-7-8-20(30)10-22(18)31/h2-8,10,12,14,16,19,23H,9,11,13,15H2,1H3,(H,32,38)/t16-,19+,23?/m0/s1. The fraction of sp³-hybridized carbons (Fsp3) is 0.276. The molecule has 0 spiro atoms. The molecule has 5 rings (SSSR count). The summed E-state index contributed by atoms with van der Waals surface area (Å²) in [6, 6.07) is 10.2. The summed E-state index contributed by atoms with van der Waals surface area (Å²) in [4.78, 5) is 66.8. The third-order valence-electron chi connectivity index (χ3n) is 7.38. The van der Waals surface area contributed by atoms with Gasteiger partial charge in [0.05, 0.1) is 0 Å². The number of ketones is 1. The minimum absolute atomic E-state index is 0.00739. The van der Waals surface area contributed by atoms with Gasteiger partial charge in [-0.15, -0.1) is 0 Å². The van der Waals surface area contributed by atoms with E-state index in [1.807, 2.05) is 0 Å². The number of nitrogens with one attached hydrogen (secondary N) is 1. The molecule has 11 heteroatoms. The van der Waals surface area contributed by atoms with Crippen LogP contribution in [0.4, 0.5) is 8.78 Å². The Morgan fingerprint density at radius 1 is 1.12 bits per heavy atom. The third kappa shape index (κ3) is 4.90. The second kappa shape index (κ2) is 10.8. The van der Waals surface area contributed by atoms with E-state index in [0.717, 1.165) is 12.3 Å². The highest BCUT2D eigenvalue weighted by Gasteiger charge is 2.45. The first-order valence-corrected chi connectivity index (χ1v) is 12.7. The van der Waals surface area contributed by atoms with Crippen molar-refractivity contribution in [3.8, 4) is 5.75 Å². The number of amides is 2. The van der Waals surface area contributed by atoms with Crippen LogP contribution in [0.2, 0.25) is 0 Å². The van der Waals surface area contributed by atoms with Gasteiger partial charge in [-0.05, 0) is 18.6 Å². The van der Waals surface area contributed by atoms with E-state index in [1.165, 1.54) is 15.5 Å². The molecule has 1 saturated heterocycles. The van der Waals surface area contributed by atoms with Crippen molar-refractivity contribution >= 4 is 23.9 Å². The number of hydrogen-bond acceptors (Lipinski definition) is 6. The van der Waals surface area contributed by atoms with Gasteiger partial charge < -0.3 is 24.3 Å². The van der Waals surface area contributed by atoms with Crippen molar-refractivity contribution in [2.45, 2.75) is 38.6 Å². The molecule has 9 nitrogen and oxygen atoms in total. The summed E-state index contributed by atoms with van der Waals surface area (Å²) < 4.78 is 34.5. The summed E-state index contributed by atoms with van der Waals surface area (Å²) in [5, 5.41) is 2.44. The largest absolute Gasteiger partial charge is 0.483 e. The van der Waals surface area contributed by atoms with Gasteiger partial charge in [0.1, 0.15) is 36.1 Å². The van der Waals surface area contributed by atoms with E-state index in [1.54, 1.807) is 37.3 Å². The molecule has 1 fully saturated rings. The summed E-state index contributed by atoms with van der Waals surface area (Å²) in [5.74, 6) is -4.63. The zero-order valence-electron chi connectivity index (χ0n) is 21.4. The number of benzene rings is 2. The van der Waals surface area contributed by atoms with Gasteiger partial charge in [0, 0.05) is 49.3 Å². The molecule has 0 saturated carbocycles. The Labute approximate surface area is 227 Å². The zero-order chi connectivity index (χ0) is 28.6. The SMILES string of the molecule is C[C@H]1[C@@H](C=O)CC(=O)C2CN1C(=O)c1c(OCc3ccccc3)c(=O)c(C(=O)NCc3ccc(F)cc3F)cn12. The minimum Gasteiger partial charge on any atom is -0.483 e. The predicted molar refractivity (Wildman–Crippen MR) is 138 cm³/mol. The number of Topliss-reactive ketones (excluding diaryl/α,β-unsaturated/α-hetero) is 1. The van der Waals surface area contributed by atoms with Crippen molar-refractivity contribution in [1.82, 2.24) is 14.8 Å². The predicted octanol–water partition coefficient (Wildman–Crippen LogP) is 2.81. The number of nitrogens with zero attached hydrogens (tertiary/aromatic N) is 2. The molecular weight excluding hydrogens is 524 g/mol. The Bertz CT molecular complexity index is 1570. The van der Waals surface area contributed by atoms with Gasteiger partial charge in [-0.2, -0.15) is 0 Å². The van der Waals surface area contributed by atoms with Gasteiger partial charge in [0.25, 0.3) is 11.8 Å². The van der Waals surface area contributed by atoms with E-state index in [0.29, 0.717) is 17.9 Å². The van der Waals surface area contributed by atoms with Gasteiger partial charge >= 0.3 is 0 Å². The van der Waals surface area contributed by atoms with Crippen LogP contribution in [0.3, 0.4) is 0 Å². The number of rotatable bonds is 7. The van der Waals surface area contributed by atoms with Gasteiger partial charge in [-0.1, -0.05) is 36.4 Å². The monoisotopic (exact) mass is 549 g/mol. The smallest absolute Gasteiger partial charge is 0.274 e. The van der Waals surface area contributed by atoms with Crippen molar-refractivity contribution in [3.63, 3.8) is 0 Å². The summed E-state index contributed by atoms with van der Waals surface area (Å²) in [6.45, 7) is 1.17. The number of aromatic nitrogens is 1. The van der Waals surface area contributed by atoms with Crippen LogP contribution in [0.1, 0.15) is 51.4 Å². The van der Waals surface area contributed by atoms with Crippen LogP contribution in [0.5, 0.6) is 5.75 Å².